The molecule has 2 aliphatic rings. The van der Waals surface area contributed by atoms with E-state index < -0.39 is 0 Å². The zero-order valence-electron chi connectivity index (χ0n) is 15.9. The van der Waals surface area contributed by atoms with E-state index in [1.54, 1.807) is 7.05 Å². The maximum atomic E-state index is 6.29. The van der Waals surface area contributed by atoms with Crippen LogP contribution in [0.5, 0.6) is 11.5 Å². The van der Waals surface area contributed by atoms with Crippen LogP contribution < -0.4 is 20.1 Å². The standard InChI is InChI=1S/C19H29ClN4O2.HI/c1-21-19(23-7-10-24-8-3-2-4-9-24)22-6-5-15-13-16(20)18-17(14-15)25-11-12-26-18;/h13-14H,2-12H2,1H3,(H2,21,22,23);1H. The molecule has 0 saturated carbocycles. The Morgan fingerprint density at radius 3 is 2.63 bits per heavy atom. The van der Waals surface area contributed by atoms with Gasteiger partial charge in [0.25, 0.3) is 0 Å². The normalized spacial score (nSPS) is 17.2. The van der Waals surface area contributed by atoms with Crippen LogP contribution in [0.15, 0.2) is 17.1 Å². The molecular formula is C19H30ClIN4O2. The molecule has 1 saturated heterocycles. The fourth-order valence-electron chi connectivity index (χ4n) is 3.37. The number of rotatable bonds is 6. The van der Waals surface area contributed by atoms with E-state index in [4.69, 9.17) is 21.1 Å². The third kappa shape index (κ3) is 6.87. The lowest BCUT2D eigenvalue weighted by Crippen LogP contribution is -2.43. The number of piperidine rings is 1. The van der Waals surface area contributed by atoms with Gasteiger partial charge in [0, 0.05) is 26.7 Å². The minimum atomic E-state index is 0. The highest BCUT2D eigenvalue weighted by molar-refractivity contribution is 14.0. The molecule has 0 radical (unpaired) electrons. The van der Waals surface area contributed by atoms with Crippen LogP contribution in [0, 0.1) is 0 Å². The summed E-state index contributed by atoms with van der Waals surface area (Å²) in [6.07, 6.45) is 4.86. The molecule has 8 heteroatoms. The number of fused-ring (bicyclic) bond motifs is 1. The summed E-state index contributed by atoms with van der Waals surface area (Å²) in [6.45, 7) is 6.32. The molecule has 6 nitrogen and oxygen atoms in total. The number of likely N-dealkylation sites (tertiary alicyclic amines) is 1. The molecule has 3 rings (SSSR count). The summed E-state index contributed by atoms with van der Waals surface area (Å²) in [5.74, 6) is 2.23. The van der Waals surface area contributed by atoms with E-state index in [1.165, 1.54) is 32.4 Å². The molecule has 1 aromatic rings. The summed E-state index contributed by atoms with van der Waals surface area (Å²) in [5, 5.41) is 7.36. The molecule has 1 aromatic carbocycles. The van der Waals surface area contributed by atoms with Crippen molar-refractivity contribution in [3.8, 4) is 11.5 Å². The molecule has 0 aromatic heterocycles. The number of hydrogen-bond acceptors (Lipinski definition) is 4. The Kier molecular flexibility index (Phi) is 9.78. The van der Waals surface area contributed by atoms with Crippen molar-refractivity contribution >= 4 is 41.5 Å². The number of halogens is 2. The molecule has 0 amide bonds. The fraction of sp³-hybridized carbons (Fsp3) is 0.632. The first-order chi connectivity index (χ1) is 12.8. The maximum absolute atomic E-state index is 6.29. The summed E-state index contributed by atoms with van der Waals surface area (Å²) >= 11 is 6.29. The van der Waals surface area contributed by atoms with Gasteiger partial charge in [-0.25, -0.2) is 0 Å². The smallest absolute Gasteiger partial charge is 0.191 e. The molecule has 0 aliphatic carbocycles. The van der Waals surface area contributed by atoms with Gasteiger partial charge in [-0.2, -0.15) is 0 Å². The second kappa shape index (κ2) is 11.8. The van der Waals surface area contributed by atoms with Crippen LogP contribution in [0.4, 0.5) is 0 Å². The van der Waals surface area contributed by atoms with Crippen LogP contribution in [0.3, 0.4) is 0 Å². The van der Waals surface area contributed by atoms with Gasteiger partial charge in [0.2, 0.25) is 0 Å². The number of benzene rings is 1. The number of guanidine groups is 1. The van der Waals surface area contributed by atoms with Crippen molar-refractivity contribution in [3.05, 3.63) is 22.7 Å². The first-order valence-corrected chi connectivity index (χ1v) is 9.89. The van der Waals surface area contributed by atoms with Gasteiger partial charge in [-0.1, -0.05) is 18.0 Å². The van der Waals surface area contributed by atoms with Crippen molar-refractivity contribution in [2.24, 2.45) is 4.99 Å². The van der Waals surface area contributed by atoms with Gasteiger partial charge in [-0.05, 0) is 50.0 Å². The van der Waals surface area contributed by atoms with Crippen molar-refractivity contribution in [3.63, 3.8) is 0 Å². The summed E-state index contributed by atoms with van der Waals surface area (Å²) in [6, 6.07) is 3.96. The van der Waals surface area contributed by atoms with E-state index in [0.29, 0.717) is 24.0 Å². The lowest BCUT2D eigenvalue weighted by molar-refractivity contribution is 0.171. The van der Waals surface area contributed by atoms with Crippen LogP contribution in [-0.4, -0.2) is 63.8 Å². The van der Waals surface area contributed by atoms with E-state index >= 15 is 0 Å². The van der Waals surface area contributed by atoms with Gasteiger partial charge < -0.3 is 25.0 Å². The molecule has 0 unspecified atom stereocenters. The van der Waals surface area contributed by atoms with Crippen LogP contribution in [-0.2, 0) is 6.42 Å². The molecule has 2 aliphatic heterocycles. The van der Waals surface area contributed by atoms with Gasteiger partial charge >= 0.3 is 0 Å². The Bertz CT molecular complexity index is 624. The molecular weight excluding hydrogens is 479 g/mol. The summed E-state index contributed by atoms with van der Waals surface area (Å²) < 4.78 is 11.2. The van der Waals surface area contributed by atoms with Gasteiger partial charge in [-0.15, -0.1) is 24.0 Å². The highest BCUT2D eigenvalue weighted by Gasteiger charge is 2.16. The third-order valence-electron chi connectivity index (χ3n) is 4.76. The number of aliphatic imine (C=N–C) groups is 1. The highest BCUT2D eigenvalue weighted by atomic mass is 127. The molecule has 1 fully saturated rings. The van der Waals surface area contributed by atoms with Gasteiger partial charge in [-0.3, -0.25) is 4.99 Å². The predicted molar refractivity (Wildman–Crippen MR) is 121 cm³/mol. The number of hydrogen-bond donors (Lipinski definition) is 2. The summed E-state index contributed by atoms with van der Waals surface area (Å²) in [4.78, 5) is 6.81. The SMILES string of the molecule is CN=C(NCCc1cc(Cl)c2c(c1)OCCO2)NCCN1CCCCC1.I. The monoisotopic (exact) mass is 508 g/mol. The van der Waals surface area contributed by atoms with Crippen LogP contribution in [0.1, 0.15) is 24.8 Å². The van der Waals surface area contributed by atoms with E-state index in [1.807, 2.05) is 12.1 Å². The second-order valence-electron chi connectivity index (χ2n) is 6.68. The average Bonchev–Trinajstić information content (AvgIpc) is 2.68. The third-order valence-corrected chi connectivity index (χ3v) is 5.04. The lowest BCUT2D eigenvalue weighted by Gasteiger charge is -2.26. The van der Waals surface area contributed by atoms with Crippen molar-refractivity contribution in [2.75, 3.05) is 53.0 Å². The summed E-state index contributed by atoms with van der Waals surface area (Å²) in [5.41, 5.74) is 1.12. The van der Waals surface area contributed by atoms with Gasteiger partial charge in [0.1, 0.15) is 13.2 Å². The number of ether oxygens (including phenoxy) is 2. The van der Waals surface area contributed by atoms with Crippen molar-refractivity contribution in [1.29, 1.82) is 0 Å². The minimum absolute atomic E-state index is 0. The molecule has 2 heterocycles. The highest BCUT2D eigenvalue weighted by Crippen LogP contribution is 2.38. The Labute approximate surface area is 184 Å². The Morgan fingerprint density at radius 1 is 1.11 bits per heavy atom. The zero-order valence-corrected chi connectivity index (χ0v) is 19.0. The van der Waals surface area contributed by atoms with Crippen molar-refractivity contribution in [1.82, 2.24) is 15.5 Å². The number of nitrogens with zero attached hydrogens (tertiary/aromatic N) is 2. The quantitative estimate of drug-likeness (QED) is 0.352. The van der Waals surface area contributed by atoms with E-state index in [9.17, 15) is 0 Å². The first-order valence-electron chi connectivity index (χ1n) is 9.51. The molecule has 152 valence electrons. The van der Waals surface area contributed by atoms with Crippen LogP contribution in [0.25, 0.3) is 0 Å². The molecule has 2 N–H and O–H groups in total. The summed E-state index contributed by atoms with van der Waals surface area (Å²) in [7, 11) is 1.80. The predicted octanol–water partition coefficient (Wildman–Crippen LogP) is 2.92. The topological polar surface area (TPSA) is 58.1 Å². The van der Waals surface area contributed by atoms with E-state index in [-0.39, 0.29) is 24.0 Å². The first kappa shape index (κ1) is 22.4. The fourth-order valence-corrected chi connectivity index (χ4v) is 3.66. The van der Waals surface area contributed by atoms with Crippen molar-refractivity contribution in [2.45, 2.75) is 25.7 Å². The molecule has 0 bridgehead atoms. The van der Waals surface area contributed by atoms with E-state index in [0.717, 1.165) is 43.3 Å². The van der Waals surface area contributed by atoms with Gasteiger partial charge in [0.15, 0.2) is 17.5 Å². The molecule has 0 spiro atoms. The Hall–Kier alpha value is -0.930. The van der Waals surface area contributed by atoms with Crippen molar-refractivity contribution < 1.29 is 9.47 Å². The number of nitrogens with one attached hydrogen (secondary N) is 2. The molecule has 27 heavy (non-hydrogen) atoms. The van der Waals surface area contributed by atoms with Crippen LogP contribution in [0.2, 0.25) is 5.02 Å². The largest absolute Gasteiger partial charge is 0.486 e. The van der Waals surface area contributed by atoms with Crippen LogP contribution >= 0.6 is 35.6 Å². The Balaban J connectivity index is 0.00000261. The minimum Gasteiger partial charge on any atom is -0.486 e. The maximum Gasteiger partial charge on any atom is 0.191 e. The van der Waals surface area contributed by atoms with E-state index in [2.05, 4.69) is 20.5 Å². The zero-order chi connectivity index (χ0) is 18.2. The second-order valence-corrected chi connectivity index (χ2v) is 7.09. The molecule has 0 atom stereocenters. The lowest BCUT2D eigenvalue weighted by atomic mass is 10.1. The average molecular weight is 509 g/mol. The Morgan fingerprint density at radius 2 is 1.85 bits per heavy atom. The van der Waals surface area contributed by atoms with Gasteiger partial charge in [0.05, 0.1) is 5.02 Å².